The van der Waals surface area contributed by atoms with Crippen LogP contribution >= 0.6 is 23.2 Å². The van der Waals surface area contributed by atoms with Gasteiger partial charge in [0.1, 0.15) is 6.54 Å². The Balaban J connectivity index is 1.61. The lowest BCUT2D eigenvalue weighted by molar-refractivity contribution is -0.454. The number of hydrogen-bond donors (Lipinski definition) is 4. The average molecular weight is 446 g/mol. The second-order valence-corrected chi connectivity index (χ2v) is 7.23. The van der Waals surface area contributed by atoms with Crippen LogP contribution in [-0.4, -0.2) is 31.5 Å². The summed E-state index contributed by atoms with van der Waals surface area (Å²) in [5.74, 6) is -0.331. The normalized spacial score (nSPS) is 11.2. The molecular formula is C22H23Cl2N4O2+. The van der Waals surface area contributed by atoms with Crippen LogP contribution in [0.2, 0.25) is 10.0 Å². The smallest absolute Gasteiger partial charge is 0.423 e. The predicted octanol–water partition coefficient (Wildman–Crippen LogP) is 3.22. The van der Waals surface area contributed by atoms with Gasteiger partial charge in [-0.2, -0.15) is 5.43 Å². The molecule has 0 unspecified atom stereocenters. The lowest BCUT2D eigenvalue weighted by atomic mass is 10.1. The molecule has 4 N–H and O–H groups in total. The van der Waals surface area contributed by atoms with Crippen LogP contribution in [0.4, 0.5) is 11.4 Å². The van der Waals surface area contributed by atoms with E-state index in [1.807, 2.05) is 18.2 Å². The largest absolute Gasteiger partial charge is 0.457 e. The van der Waals surface area contributed by atoms with Crippen molar-refractivity contribution in [2.45, 2.75) is 6.92 Å². The van der Waals surface area contributed by atoms with E-state index in [-0.39, 0.29) is 12.4 Å². The van der Waals surface area contributed by atoms with Crippen LogP contribution in [0.1, 0.15) is 6.92 Å². The lowest BCUT2D eigenvalue weighted by Gasteiger charge is -2.08. The number of esters is 1. The minimum absolute atomic E-state index is 0.174. The summed E-state index contributed by atoms with van der Waals surface area (Å²) in [6.07, 6.45) is 0. The van der Waals surface area contributed by atoms with Crippen LogP contribution in [0.3, 0.4) is 0 Å². The molecule has 0 amide bonds. The van der Waals surface area contributed by atoms with Gasteiger partial charge in [0.15, 0.2) is 0 Å². The number of halogens is 2. The fourth-order valence-corrected chi connectivity index (χ4v) is 3.12. The molecule has 156 valence electrons. The van der Waals surface area contributed by atoms with E-state index in [2.05, 4.69) is 45.4 Å². The number of fused-ring (bicyclic) bond motifs is 1. The first kappa shape index (κ1) is 21.7. The van der Waals surface area contributed by atoms with Crippen molar-refractivity contribution >= 4 is 57.2 Å². The van der Waals surface area contributed by atoms with Gasteiger partial charge in [0, 0.05) is 10.7 Å². The van der Waals surface area contributed by atoms with Crippen molar-refractivity contribution in [2.24, 2.45) is 0 Å². The highest BCUT2D eigenvalue weighted by molar-refractivity contribution is 6.35. The number of amidine groups is 1. The Hall–Kier alpha value is -2.96. The van der Waals surface area contributed by atoms with E-state index >= 15 is 0 Å². The number of hydrazine groups is 1. The molecule has 0 bridgehead atoms. The maximum Gasteiger partial charge on any atom is 0.423 e. The summed E-state index contributed by atoms with van der Waals surface area (Å²) in [5, 5.41) is 6.68. The molecule has 0 atom stereocenters. The number of nitrogens with one attached hydrogen (secondary N) is 4. The zero-order chi connectivity index (χ0) is 21.3. The van der Waals surface area contributed by atoms with Crippen molar-refractivity contribution in [1.82, 2.24) is 5.43 Å². The van der Waals surface area contributed by atoms with E-state index in [0.29, 0.717) is 28.8 Å². The second-order valence-electron chi connectivity index (χ2n) is 6.39. The van der Waals surface area contributed by atoms with Gasteiger partial charge in [-0.15, -0.1) is 0 Å². The number of benzene rings is 3. The molecule has 0 aromatic heterocycles. The molecule has 3 rings (SSSR count). The van der Waals surface area contributed by atoms with Crippen LogP contribution in [-0.2, 0) is 9.53 Å². The topological polar surface area (TPSA) is 76.4 Å². The molecule has 30 heavy (non-hydrogen) atoms. The second kappa shape index (κ2) is 10.7. The summed E-state index contributed by atoms with van der Waals surface area (Å²) in [6.45, 7) is 3.09. The third-order valence-corrected chi connectivity index (χ3v) is 4.80. The number of carbonyl (C=O) groups is 1. The maximum absolute atomic E-state index is 12.2. The molecule has 3 aromatic carbocycles. The first-order valence-electron chi connectivity index (χ1n) is 9.54. The third kappa shape index (κ3) is 6.02. The minimum atomic E-state index is -0.506. The molecule has 0 heterocycles. The molecule has 0 aliphatic rings. The van der Waals surface area contributed by atoms with Gasteiger partial charge in [0.25, 0.3) is 0 Å². The van der Waals surface area contributed by atoms with E-state index in [9.17, 15) is 4.79 Å². The van der Waals surface area contributed by atoms with Gasteiger partial charge < -0.3 is 10.1 Å². The van der Waals surface area contributed by atoms with Crippen molar-refractivity contribution in [1.29, 1.82) is 0 Å². The Morgan fingerprint density at radius 1 is 1.03 bits per heavy atom. The predicted molar refractivity (Wildman–Crippen MR) is 123 cm³/mol. The molecule has 0 fully saturated rings. The zero-order valence-corrected chi connectivity index (χ0v) is 18.0. The van der Waals surface area contributed by atoms with Gasteiger partial charge in [-0.05, 0) is 48.0 Å². The maximum atomic E-state index is 12.2. The molecule has 3 aromatic rings. The molecule has 8 heteroatoms. The van der Waals surface area contributed by atoms with E-state index < -0.39 is 5.97 Å². The van der Waals surface area contributed by atoms with Crippen LogP contribution in [0.25, 0.3) is 10.8 Å². The van der Waals surface area contributed by atoms with E-state index in [0.717, 1.165) is 5.69 Å². The first-order valence-corrected chi connectivity index (χ1v) is 10.3. The number of rotatable bonds is 7. The van der Waals surface area contributed by atoms with E-state index in [4.69, 9.17) is 27.9 Å². The first-order chi connectivity index (χ1) is 14.6. The summed E-state index contributed by atoms with van der Waals surface area (Å²) in [5.41, 5.74) is 7.25. The SMILES string of the molecule is CCOC(=O)C(NNc1cc(Cl)ccc1Cl)=[NH+]CCNc1ccc2ccccc2c1. The van der Waals surface area contributed by atoms with Gasteiger partial charge in [-0.1, -0.05) is 53.5 Å². The van der Waals surface area contributed by atoms with Gasteiger partial charge in [-0.25, -0.2) is 10.2 Å². The number of carbonyl (C=O) groups excluding carboxylic acids is 1. The quantitative estimate of drug-likeness (QED) is 0.148. The van der Waals surface area contributed by atoms with Crippen LogP contribution < -0.4 is 21.2 Å². The van der Waals surface area contributed by atoms with Crippen molar-refractivity contribution in [3.05, 3.63) is 70.7 Å². The highest BCUT2D eigenvalue weighted by Gasteiger charge is 2.20. The van der Waals surface area contributed by atoms with Crippen molar-refractivity contribution in [2.75, 3.05) is 30.4 Å². The summed E-state index contributed by atoms with van der Waals surface area (Å²) < 4.78 is 5.09. The molecule has 0 aliphatic carbocycles. The Bertz CT molecular complexity index is 1060. The van der Waals surface area contributed by atoms with Gasteiger partial charge in [0.05, 0.1) is 23.9 Å². The summed E-state index contributed by atoms with van der Waals surface area (Å²) in [6, 6.07) is 19.4. The van der Waals surface area contributed by atoms with Crippen LogP contribution in [0, 0.1) is 0 Å². The molecule has 6 nitrogen and oxygen atoms in total. The van der Waals surface area contributed by atoms with Crippen LogP contribution in [0.5, 0.6) is 0 Å². The summed E-state index contributed by atoms with van der Waals surface area (Å²) in [7, 11) is 0. The highest BCUT2D eigenvalue weighted by Crippen LogP contribution is 2.24. The summed E-state index contributed by atoms with van der Waals surface area (Å²) in [4.78, 5) is 15.3. The standard InChI is InChI=1S/C22H22Cl2N4O2/c1-2-30-22(29)21(28-27-20-14-17(23)8-10-19(20)24)26-12-11-25-18-9-7-15-5-3-4-6-16(15)13-18/h3-10,13-14,25,27H,2,11-12H2,1H3,(H,26,28)/p+1. The highest BCUT2D eigenvalue weighted by atomic mass is 35.5. The number of ether oxygens (including phenoxy) is 1. The average Bonchev–Trinajstić information content (AvgIpc) is 2.75. The Kier molecular flexibility index (Phi) is 7.76. The van der Waals surface area contributed by atoms with Crippen LogP contribution in [0.15, 0.2) is 60.7 Å². The van der Waals surface area contributed by atoms with Crippen molar-refractivity contribution in [3.8, 4) is 0 Å². The summed E-state index contributed by atoms with van der Waals surface area (Å²) >= 11 is 12.1. The van der Waals surface area contributed by atoms with E-state index in [1.165, 1.54) is 10.8 Å². The number of hydrogen-bond acceptors (Lipinski definition) is 4. The minimum Gasteiger partial charge on any atom is -0.457 e. The number of anilines is 2. The molecule has 0 saturated carbocycles. The van der Waals surface area contributed by atoms with Gasteiger partial charge in [-0.3, -0.25) is 4.99 Å². The molecular weight excluding hydrogens is 423 g/mol. The van der Waals surface area contributed by atoms with Crippen molar-refractivity contribution in [3.63, 3.8) is 0 Å². The Morgan fingerprint density at radius 3 is 2.63 bits per heavy atom. The lowest BCUT2D eigenvalue weighted by Crippen LogP contribution is -2.79. The molecule has 0 aliphatic heterocycles. The third-order valence-electron chi connectivity index (χ3n) is 4.24. The zero-order valence-electron chi connectivity index (χ0n) is 16.5. The van der Waals surface area contributed by atoms with E-state index in [1.54, 1.807) is 25.1 Å². The fourth-order valence-electron chi connectivity index (χ4n) is 2.79. The Morgan fingerprint density at radius 2 is 1.83 bits per heavy atom. The fraction of sp³-hybridized carbons (Fsp3) is 0.182. The monoisotopic (exact) mass is 445 g/mol. The Labute approximate surface area is 185 Å². The molecule has 0 saturated heterocycles. The molecule has 0 radical (unpaired) electrons. The molecule has 0 spiro atoms. The van der Waals surface area contributed by atoms with Gasteiger partial charge >= 0.3 is 11.8 Å². The van der Waals surface area contributed by atoms with Gasteiger partial charge in [0.2, 0.25) is 0 Å². The van der Waals surface area contributed by atoms with Crippen molar-refractivity contribution < 1.29 is 14.5 Å².